The normalized spacial score (nSPS) is 9.39. The van der Waals surface area contributed by atoms with Crippen LogP contribution in [-0.2, 0) is 6.61 Å². The van der Waals surface area contributed by atoms with Crippen molar-refractivity contribution in [3.05, 3.63) is 65.0 Å². The Bertz CT molecular complexity index is 801. The van der Waals surface area contributed by atoms with Crippen molar-refractivity contribution < 1.29 is 13.9 Å². The third-order valence-electron chi connectivity index (χ3n) is 3.04. The Balaban J connectivity index is 2.34. The molecule has 114 valence electrons. The topological polar surface area (TPSA) is 66.0 Å². The fourth-order valence-corrected chi connectivity index (χ4v) is 1.99. The molecule has 2 aromatic carbocycles. The number of para-hydroxylation sites is 1. The third-order valence-corrected chi connectivity index (χ3v) is 3.04. The van der Waals surface area contributed by atoms with Crippen molar-refractivity contribution in [2.75, 3.05) is 7.11 Å². The van der Waals surface area contributed by atoms with E-state index in [1.54, 1.807) is 42.5 Å². The van der Waals surface area contributed by atoms with Crippen molar-refractivity contribution in [3.63, 3.8) is 0 Å². The van der Waals surface area contributed by atoms with Crippen molar-refractivity contribution in [3.8, 4) is 23.6 Å². The molecule has 5 heteroatoms. The van der Waals surface area contributed by atoms with Crippen LogP contribution < -0.4 is 9.47 Å². The fourth-order valence-electron chi connectivity index (χ4n) is 1.99. The van der Waals surface area contributed by atoms with Gasteiger partial charge in [0.05, 0.1) is 7.11 Å². The van der Waals surface area contributed by atoms with E-state index in [1.807, 2.05) is 0 Å². The standard InChI is InChI=1S/C18H13FN2O2/c1-22-17-7-3-5-15(8-14(10-20)11-21)18(17)23-12-13-4-2-6-16(19)9-13/h2-9H,12H2,1H3. The molecule has 4 nitrogen and oxygen atoms in total. The molecule has 0 fully saturated rings. The zero-order chi connectivity index (χ0) is 16.7. The van der Waals surface area contributed by atoms with Crippen LogP contribution in [0.1, 0.15) is 11.1 Å². The molecule has 0 heterocycles. The lowest BCUT2D eigenvalue weighted by molar-refractivity contribution is 0.283. The molecule has 0 atom stereocenters. The van der Waals surface area contributed by atoms with E-state index in [0.29, 0.717) is 22.6 Å². The second-order valence-corrected chi connectivity index (χ2v) is 4.58. The number of rotatable bonds is 5. The van der Waals surface area contributed by atoms with Gasteiger partial charge in [0.1, 0.15) is 30.1 Å². The summed E-state index contributed by atoms with van der Waals surface area (Å²) in [6.45, 7) is 0.132. The summed E-state index contributed by atoms with van der Waals surface area (Å²) in [5.74, 6) is 0.509. The van der Waals surface area contributed by atoms with E-state index < -0.39 is 0 Å². The maximum Gasteiger partial charge on any atom is 0.168 e. The molecule has 23 heavy (non-hydrogen) atoms. The SMILES string of the molecule is COc1cccc(C=C(C#N)C#N)c1OCc1cccc(F)c1. The number of nitriles is 2. The molecule has 0 aliphatic carbocycles. The number of hydrogen-bond acceptors (Lipinski definition) is 4. The maximum absolute atomic E-state index is 13.2. The average Bonchev–Trinajstić information content (AvgIpc) is 2.58. The van der Waals surface area contributed by atoms with Crippen LogP contribution in [-0.4, -0.2) is 7.11 Å². The molecule has 0 saturated carbocycles. The van der Waals surface area contributed by atoms with Crippen LogP contribution >= 0.6 is 0 Å². The zero-order valence-electron chi connectivity index (χ0n) is 12.4. The van der Waals surface area contributed by atoms with Crippen LogP contribution in [0.2, 0.25) is 0 Å². The molecule has 0 saturated heterocycles. The number of nitrogens with zero attached hydrogens (tertiary/aromatic N) is 2. The average molecular weight is 308 g/mol. The van der Waals surface area contributed by atoms with Crippen LogP contribution in [0.25, 0.3) is 6.08 Å². The van der Waals surface area contributed by atoms with Crippen LogP contribution in [0, 0.1) is 28.5 Å². The van der Waals surface area contributed by atoms with Gasteiger partial charge in [-0.1, -0.05) is 24.3 Å². The minimum absolute atomic E-state index is 0.0474. The molecule has 0 amide bonds. The molecule has 0 unspecified atom stereocenters. The van der Waals surface area contributed by atoms with E-state index in [-0.39, 0.29) is 18.0 Å². The second-order valence-electron chi connectivity index (χ2n) is 4.58. The summed E-state index contributed by atoms with van der Waals surface area (Å²) in [6.07, 6.45) is 1.42. The largest absolute Gasteiger partial charge is 0.493 e. The molecule has 0 spiro atoms. The lowest BCUT2D eigenvalue weighted by Crippen LogP contribution is -2.00. The van der Waals surface area contributed by atoms with Crippen molar-refractivity contribution in [2.45, 2.75) is 6.61 Å². The molecule has 2 aromatic rings. The zero-order valence-corrected chi connectivity index (χ0v) is 12.4. The first-order valence-corrected chi connectivity index (χ1v) is 6.74. The Kier molecular flexibility index (Phi) is 5.33. The van der Waals surface area contributed by atoms with Crippen LogP contribution in [0.5, 0.6) is 11.5 Å². The molecule has 2 rings (SSSR count). The molecule has 0 radical (unpaired) electrons. The van der Waals surface area contributed by atoms with Crippen molar-refractivity contribution in [2.24, 2.45) is 0 Å². The van der Waals surface area contributed by atoms with Gasteiger partial charge in [-0.15, -0.1) is 0 Å². The fraction of sp³-hybridized carbons (Fsp3) is 0.111. The molecule has 0 aliphatic rings. The number of ether oxygens (including phenoxy) is 2. The lowest BCUT2D eigenvalue weighted by atomic mass is 10.1. The quantitative estimate of drug-likeness (QED) is 0.787. The summed E-state index contributed by atoms with van der Waals surface area (Å²) >= 11 is 0. The van der Waals surface area contributed by atoms with Gasteiger partial charge in [0.25, 0.3) is 0 Å². The van der Waals surface area contributed by atoms with Crippen LogP contribution in [0.4, 0.5) is 4.39 Å². The highest BCUT2D eigenvalue weighted by atomic mass is 19.1. The Morgan fingerprint density at radius 2 is 1.91 bits per heavy atom. The highest BCUT2D eigenvalue weighted by molar-refractivity contribution is 5.69. The summed E-state index contributed by atoms with van der Waals surface area (Å²) in [5.41, 5.74) is 1.15. The van der Waals surface area contributed by atoms with Crippen molar-refractivity contribution >= 4 is 6.08 Å². The Labute approximate surface area is 133 Å². The maximum atomic E-state index is 13.2. The van der Waals surface area contributed by atoms with E-state index in [1.165, 1.54) is 25.3 Å². The van der Waals surface area contributed by atoms with Gasteiger partial charge >= 0.3 is 0 Å². The number of allylic oxidation sites excluding steroid dienone is 1. The molecule has 0 N–H and O–H groups in total. The number of hydrogen-bond donors (Lipinski definition) is 0. The molecular weight excluding hydrogens is 295 g/mol. The molecule has 0 aromatic heterocycles. The summed E-state index contributed by atoms with van der Waals surface area (Å²) in [5, 5.41) is 17.8. The Hall–Kier alpha value is -3.31. The van der Waals surface area contributed by atoms with E-state index in [0.717, 1.165) is 0 Å². The molecular formula is C18H13FN2O2. The predicted molar refractivity (Wildman–Crippen MR) is 82.9 cm³/mol. The van der Waals surface area contributed by atoms with Crippen molar-refractivity contribution in [1.82, 2.24) is 0 Å². The Morgan fingerprint density at radius 3 is 2.57 bits per heavy atom. The Morgan fingerprint density at radius 1 is 1.17 bits per heavy atom. The first-order valence-electron chi connectivity index (χ1n) is 6.74. The molecule has 0 aliphatic heterocycles. The monoisotopic (exact) mass is 308 g/mol. The number of benzene rings is 2. The van der Waals surface area contributed by atoms with Gasteiger partial charge in [-0.25, -0.2) is 4.39 Å². The van der Waals surface area contributed by atoms with E-state index in [9.17, 15) is 4.39 Å². The summed E-state index contributed by atoms with van der Waals surface area (Å²) in [4.78, 5) is 0. The van der Waals surface area contributed by atoms with E-state index >= 15 is 0 Å². The van der Waals surface area contributed by atoms with Gasteiger partial charge in [0.2, 0.25) is 0 Å². The van der Waals surface area contributed by atoms with Gasteiger partial charge in [-0.2, -0.15) is 10.5 Å². The van der Waals surface area contributed by atoms with Crippen molar-refractivity contribution in [1.29, 1.82) is 10.5 Å². The minimum Gasteiger partial charge on any atom is -0.493 e. The van der Waals surface area contributed by atoms with E-state index in [4.69, 9.17) is 20.0 Å². The first kappa shape index (κ1) is 16.1. The van der Waals surface area contributed by atoms with Gasteiger partial charge in [-0.3, -0.25) is 0 Å². The predicted octanol–water partition coefficient (Wildman–Crippen LogP) is 3.84. The highest BCUT2D eigenvalue weighted by Crippen LogP contribution is 2.33. The summed E-state index contributed by atoms with van der Waals surface area (Å²) < 4.78 is 24.2. The van der Waals surface area contributed by atoms with E-state index in [2.05, 4.69) is 0 Å². The minimum atomic E-state index is -0.345. The second kappa shape index (κ2) is 7.63. The van der Waals surface area contributed by atoms with Crippen LogP contribution in [0.3, 0.4) is 0 Å². The number of halogens is 1. The highest BCUT2D eigenvalue weighted by Gasteiger charge is 2.10. The van der Waals surface area contributed by atoms with Gasteiger partial charge in [-0.05, 0) is 29.8 Å². The van der Waals surface area contributed by atoms with Gasteiger partial charge < -0.3 is 9.47 Å². The third kappa shape index (κ3) is 4.09. The number of methoxy groups -OCH3 is 1. The molecule has 0 bridgehead atoms. The lowest BCUT2D eigenvalue weighted by Gasteiger charge is -2.13. The van der Waals surface area contributed by atoms with Gasteiger partial charge in [0.15, 0.2) is 11.5 Å². The summed E-state index contributed by atoms with van der Waals surface area (Å²) in [6, 6.07) is 14.8. The van der Waals surface area contributed by atoms with Gasteiger partial charge in [0, 0.05) is 5.56 Å². The smallest absolute Gasteiger partial charge is 0.168 e. The van der Waals surface area contributed by atoms with Crippen LogP contribution in [0.15, 0.2) is 48.0 Å². The summed E-state index contributed by atoms with van der Waals surface area (Å²) in [7, 11) is 1.49. The first-order chi connectivity index (χ1) is 11.2.